The molecule has 1 aromatic carbocycles. The molecular formula is C25H30N4O. The monoisotopic (exact) mass is 402 g/mol. The molecule has 156 valence electrons. The number of rotatable bonds is 5. The highest BCUT2D eigenvalue weighted by atomic mass is 16.2. The first-order chi connectivity index (χ1) is 14.7. The van der Waals surface area contributed by atoms with Crippen LogP contribution >= 0.6 is 0 Å². The van der Waals surface area contributed by atoms with Crippen LogP contribution in [0.15, 0.2) is 55.1 Å². The van der Waals surface area contributed by atoms with Crippen molar-refractivity contribution in [2.45, 2.75) is 38.1 Å². The van der Waals surface area contributed by atoms with Crippen molar-refractivity contribution in [3.8, 4) is 0 Å². The number of hydrogen-bond acceptors (Lipinski definition) is 4. The molecule has 0 N–H and O–H groups in total. The third kappa shape index (κ3) is 3.79. The summed E-state index contributed by atoms with van der Waals surface area (Å²) in [5.41, 5.74) is 3.37. The molecule has 4 unspecified atom stereocenters. The van der Waals surface area contributed by atoms with Gasteiger partial charge in [-0.15, -0.1) is 0 Å². The summed E-state index contributed by atoms with van der Waals surface area (Å²) in [6.07, 6.45) is 13.1. The van der Waals surface area contributed by atoms with Crippen LogP contribution in [0.5, 0.6) is 0 Å². The van der Waals surface area contributed by atoms with Gasteiger partial charge in [0.2, 0.25) is 0 Å². The van der Waals surface area contributed by atoms with E-state index in [9.17, 15) is 4.79 Å². The first-order valence-corrected chi connectivity index (χ1v) is 11.2. The zero-order valence-corrected chi connectivity index (χ0v) is 17.7. The summed E-state index contributed by atoms with van der Waals surface area (Å²) in [6, 6.07) is 9.94. The first-order valence-electron chi connectivity index (χ1n) is 11.2. The fraction of sp³-hybridized carbons (Fsp3) is 0.480. The van der Waals surface area contributed by atoms with Crippen LogP contribution in [0.25, 0.3) is 0 Å². The van der Waals surface area contributed by atoms with E-state index >= 15 is 0 Å². The molecule has 30 heavy (non-hydrogen) atoms. The van der Waals surface area contributed by atoms with E-state index in [0.29, 0.717) is 23.3 Å². The highest BCUT2D eigenvalue weighted by Gasteiger charge is 2.41. The first kappa shape index (κ1) is 19.4. The molecule has 3 aliphatic rings. The predicted molar refractivity (Wildman–Crippen MR) is 117 cm³/mol. The van der Waals surface area contributed by atoms with E-state index in [1.807, 2.05) is 4.90 Å². The number of likely N-dealkylation sites (tertiary alicyclic amines) is 2. The van der Waals surface area contributed by atoms with Crippen LogP contribution in [0.3, 0.4) is 0 Å². The number of carbonyl (C=O) groups is 1. The van der Waals surface area contributed by atoms with Crippen LogP contribution in [0, 0.1) is 11.8 Å². The molecular weight excluding hydrogens is 372 g/mol. The van der Waals surface area contributed by atoms with Crippen LogP contribution < -0.4 is 0 Å². The third-order valence-corrected chi connectivity index (χ3v) is 7.28. The van der Waals surface area contributed by atoms with Gasteiger partial charge in [-0.05, 0) is 55.7 Å². The van der Waals surface area contributed by atoms with E-state index in [-0.39, 0.29) is 5.91 Å². The zero-order chi connectivity index (χ0) is 20.5. The Kier molecular flexibility index (Phi) is 5.38. The molecule has 5 heteroatoms. The number of benzene rings is 1. The molecule has 4 atom stereocenters. The van der Waals surface area contributed by atoms with Crippen LogP contribution in [0.4, 0.5) is 0 Å². The Bertz CT molecular complexity index is 911. The molecule has 0 radical (unpaired) electrons. The molecule has 2 saturated heterocycles. The van der Waals surface area contributed by atoms with Crippen molar-refractivity contribution in [2.24, 2.45) is 11.8 Å². The fourth-order valence-corrected chi connectivity index (χ4v) is 5.46. The van der Waals surface area contributed by atoms with Crippen LogP contribution in [-0.2, 0) is 6.42 Å². The molecule has 1 aromatic heterocycles. The SMILES string of the molecule is CC1CCCN1CCc1ccc(C2C=CC3CN(C(=O)c4cncnc4)CC32)cc1. The van der Waals surface area contributed by atoms with Gasteiger partial charge in [-0.1, -0.05) is 36.4 Å². The Balaban J connectivity index is 1.21. The number of fused-ring (bicyclic) bond motifs is 1. The maximum Gasteiger partial charge on any atom is 0.257 e. The van der Waals surface area contributed by atoms with Crippen molar-refractivity contribution in [3.05, 3.63) is 71.8 Å². The second-order valence-corrected chi connectivity index (χ2v) is 9.09. The predicted octanol–water partition coefficient (Wildman–Crippen LogP) is 3.55. The van der Waals surface area contributed by atoms with Crippen molar-refractivity contribution < 1.29 is 4.79 Å². The lowest BCUT2D eigenvalue weighted by Crippen LogP contribution is -2.30. The fourth-order valence-electron chi connectivity index (χ4n) is 5.46. The van der Waals surface area contributed by atoms with E-state index in [4.69, 9.17) is 0 Å². The Morgan fingerprint density at radius 1 is 1.10 bits per heavy atom. The number of allylic oxidation sites excluding steroid dienone is 1. The minimum Gasteiger partial charge on any atom is -0.338 e. The number of carbonyl (C=O) groups excluding carboxylic acids is 1. The van der Waals surface area contributed by atoms with Crippen molar-refractivity contribution in [3.63, 3.8) is 0 Å². The van der Waals surface area contributed by atoms with Gasteiger partial charge < -0.3 is 9.80 Å². The summed E-state index contributed by atoms with van der Waals surface area (Å²) >= 11 is 0. The lowest BCUT2D eigenvalue weighted by Gasteiger charge is -2.22. The second kappa shape index (κ2) is 8.31. The molecule has 5 rings (SSSR count). The second-order valence-electron chi connectivity index (χ2n) is 9.09. The molecule has 0 spiro atoms. The van der Waals surface area contributed by atoms with E-state index in [1.165, 1.54) is 36.8 Å². The largest absolute Gasteiger partial charge is 0.338 e. The lowest BCUT2D eigenvalue weighted by molar-refractivity contribution is 0.0783. The van der Waals surface area contributed by atoms with Gasteiger partial charge >= 0.3 is 0 Å². The van der Waals surface area contributed by atoms with Gasteiger partial charge in [0.05, 0.1) is 5.56 Å². The molecule has 2 aromatic rings. The lowest BCUT2D eigenvalue weighted by atomic mass is 9.85. The van der Waals surface area contributed by atoms with E-state index in [2.05, 4.69) is 58.2 Å². The minimum atomic E-state index is 0.0450. The zero-order valence-electron chi connectivity index (χ0n) is 17.7. The molecule has 0 bridgehead atoms. The Labute approximate surface area is 178 Å². The maximum absolute atomic E-state index is 12.8. The van der Waals surface area contributed by atoms with Crippen molar-refractivity contribution in [1.29, 1.82) is 0 Å². The minimum absolute atomic E-state index is 0.0450. The average molecular weight is 403 g/mol. The number of amides is 1. The smallest absolute Gasteiger partial charge is 0.257 e. The van der Waals surface area contributed by atoms with Crippen LogP contribution in [-0.4, -0.2) is 57.9 Å². The van der Waals surface area contributed by atoms with Crippen molar-refractivity contribution >= 4 is 5.91 Å². The summed E-state index contributed by atoms with van der Waals surface area (Å²) in [6.45, 7) is 6.34. The van der Waals surface area contributed by atoms with Gasteiger partial charge in [0.1, 0.15) is 6.33 Å². The van der Waals surface area contributed by atoms with Crippen LogP contribution in [0.1, 0.15) is 47.2 Å². The van der Waals surface area contributed by atoms with Gasteiger partial charge in [-0.3, -0.25) is 4.79 Å². The van der Waals surface area contributed by atoms with E-state index < -0.39 is 0 Å². The van der Waals surface area contributed by atoms with E-state index in [0.717, 1.165) is 32.1 Å². The third-order valence-electron chi connectivity index (χ3n) is 7.28. The number of nitrogens with zero attached hydrogens (tertiary/aromatic N) is 4. The summed E-state index contributed by atoms with van der Waals surface area (Å²) < 4.78 is 0. The summed E-state index contributed by atoms with van der Waals surface area (Å²) in [5, 5.41) is 0. The molecule has 1 aliphatic carbocycles. The Morgan fingerprint density at radius 2 is 1.90 bits per heavy atom. The highest BCUT2D eigenvalue weighted by molar-refractivity contribution is 5.93. The topological polar surface area (TPSA) is 49.3 Å². The quantitative estimate of drug-likeness (QED) is 0.718. The van der Waals surface area contributed by atoms with Gasteiger partial charge in [-0.2, -0.15) is 0 Å². The van der Waals surface area contributed by atoms with Crippen molar-refractivity contribution in [2.75, 3.05) is 26.2 Å². The average Bonchev–Trinajstić information content (AvgIpc) is 3.49. The molecule has 1 amide bonds. The Hall–Kier alpha value is -2.53. The van der Waals surface area contributed by atoms with E-state index in [1.54, 1.807) is 12.4 Å². The van der Waals surface area contributed by atoms with Gasteiger partial charge in [0.15, 0.2) is 0 Å². The summed E-state index contributed by atoms with van der Waals surface area (Å²) in [4.78, 5) is 25.3. The molecule has 2 aliphatic heterocycles. The normalized spacial score (nSPS) is 28.2. The summed E-state index contributed by atoms with van der Waals surface area (Å²) in [7, 11) is 0. The standard InChI is InChI=1S/C25H30N4O/c1-18-3-2-11-28(18)12-10-19-4-6-20(7-5-19)23-9-8-21-15-29(16-24(21)23)25(30)22-13-26-17-27-14-22/h4-9,13-14,17-18,21,23-24H,2-3,10-12,15-16H2,1H3. The Morgan fingerprint density at radius 3 is 2.63 bits per heavy atom. The summed E-state index contributed by atoms with van der Waals surface area (Å²) in [5.74, 6) is 1.35. The van der Waals surface area contributed by atoms with Crippen molar-refractivity contribution in [1.82, 2.24) is 19.8 Å². The van der Waals surface area contributed by atoms with Gasteiger partial charge in [0.25, 0.3) is 5.91 Å². The highest BCUT2D eigenvalue weighted by Crippen LogP contribution is 2.43. The van der Waals surface area contributed by atoms with Crippen LogP contribution in [0.2, 0.25) is 0 Å². The van der Waals surface area contributed by atoms with Gasteiger partial charge in [-0.25, -0.2) is 9.97 Å². The number of hydrogen-bond donors (Lipinski definition) is 0. The molecule has 2 fully saturated rings. The molecule has 3 heterocycles. The molecule has 5 nitrogen and oxygen atoms in total. The molecule has 0 saturated carbocycles. The van der Waals surface area contributed by atoms with Gasteiger partial charge in [0, 0.05) is 44.0 Å². The maximum atomic E-state index is 12.8. The number of aromatic nitrogens is 2.